The molecule has 6 heteroatoms. The van der Waals surface area contributed by atoms with Crippen LogP contribution < -0.4 is 20.5 Å². The van der Waals surface area contributed by atoms with Gasteiger partial charge in [0, 0.05) is 10.2 Å². The first-order valence-corrected chi connectivity index (χ1v) is 7.56. The Hall–Kier alpha value is -2.21. The first kappa shape index (κ1) is 16.2. The lowest BCUT2D eigenvalue weighted by Gasteiger charge is -2.07. The van der Waals surface area contributed by atoms with Crippen LogP contribution in [-0.2, 0) is 0 Å². The average Bonchev–Trinajstić information content (AvgIpc) is 2.54. The van der Waals surface area contributed by atoms with Crippen molar-refractivity contribution < 1.29 is 9.47 Å². The standard InChI is InChI=1S/C16H18BrN3O2/c1-21-14-8-4-13(5-9-14)20-16(18)19-10-11-22-15-6-2-12(17)3-7-15/h2-9H,10-11H2,1H3,(H3,18,19,20). The Kier molecular flexibility index (Phi) is 6.09. The number of nitrogens with two attached hydrogens (primary N) is 1. The number of benzene rings is 2. The van der Waals surface area contributed by atoms with Gasteiger partial charge in [-0.1, -0.05) is 15.9 Å². The lowest BCUT2D eigenvalue weighted by Crippen LogP contribution is -2.23. The molecule has 0 aromatic heterocycles. The molecule has 5 nitrogen and oxygen atoms in total. The van der Waals surface area contributed by atoms with Crippen molar-refractivity contribution in [2.75, 3.05) is 25.6 Å². The molecule has 3 N–H and O–H groups in total. The Morgan fingerprint density at radius 2 is 1.73 bits per heavy atom. The zero-order valence-corrected chi connectivity index (χ0v) is 13.8. The first-order valence-electron chi connectivity index (χ1n) is 6.77. The fourth-order valence-electron chi connectivity index (χ4n) is 1.72. The second-order valence-corrected chi connectivity index (χ2v) is 5.34. The summed E-state index contributed by atoms with van der Waals surface area (Å²) in [7, 11) is 1.63. The van der Waals surface area contributed by atoms with E-state index in [9.17, 15) is 0 Å². The van der Waals surface area contributed by atoms with Gasteiger partial charge >= 0.3 is 0 Å². The van der Waals surface area contributed by atoms with Crippen LogP contribution in [0.3, 0.4) is 0 Å². The molecule has 0 saturated carbocycles. The van der Waals surface area contributed by atoms with Gasteiger partial charge in [-0.3, -0.25) is 0 Å². The van der Waals surface area contributed by atoms with Crippen LogP contribution in [0.15, 0.2) is 58.0 Å². The molecular weight excluding hydrogens is 346 g/mol. The van der Waals surface area contributed by atoms with Gasteiger partial charge in [-0.05, 0) is 48.5 Å². The maximum absolute atomic E-state index is 5.82. The van der Waals surface area contributed by atoms with Gasteiger partial charge in [-0.15, -0.1) is 0 Å². The predicted molar refractivity (Wildman–Crippen MR) is 92.7 cm³/mol. The molecule has 0 heterocycles. The number of hydrogen-bond acceptors (Lipinski definition) is 3. The number of halogens is 1. The summed E-state index contributed by atoms with van der Waals surface area (Å²) in [6.07, 6.45) is 0. The van der Waals surface area contributed by atoms with Gasteiger partial charge in [0.15, 0.2) is 5.96 Å². The van der Waals surface area contributed by atoms with E-state index in [0.717, 1.165) is 21.7 Å². The van der Waals surface area contributed by atoms with Gasteiger partial charge in [0.25, 0.3) is 0 Å². The number of nitrogens with zero attached hydrogens (tertiary/aromatic N) is 1. The number of ether oxygens (including phenoxy) is 2. The molecule has 0 amide bonds. The highest BCUT2D eigenvalue weighted by molar-refractivity contribution is 9.10. The van der Waals surface area contributed by atoms with Gasteiger partial charge in [-0.25, -0.2) is 4.99 Å². The lowest BCUT2D eigenvalue weighted by atomic mass is 10.3. The minimum absolute atomic E-state index is 0.351. The molecule has 0 aliphatic heterocycles. The molecule has 0 unspecified atom stereocenters. The maximum Gasteiger partial charge on any atom is 0.193 e. The van der Waals surface area contributed by atoms with E-state index in [1.54, 1.807) is 7.11 Å². The third kappa shape index (κ3) is 5.29. The maximum atomic E-state index is 5.82. The molecule has 2 rings (SSSR count). The molecule has 0 radical (unpaired) electrons. The molecule has 22 heavy (non-hydrogen) atoms. The Bertz CT molecular complexity index is 612. The van der Waals surface area contributed by atoms with Crippen molar-refractivity contribution in [3.63, 3.8) is 0 Å². The minimum atomic E-state index is 0.351. The van der Waals surface area contributed by atoms with E-state index in [-0.39, 0.29) is 0 Å². The van der Waals surface area contributed by atoms with Crippen LogP contribution in [0.1, 0.15) is 0 Å². The van der Waals surface area contributed by atoms with Crippen molar-refractivity contribution in [3.05, 3.63) is 53.0 Å². The summed E-state index contributed by atoms with van der Waals surface area (Å²) in [5.74, 6) is 1.95. The van der Waals surface area contributed by atoms with Gasteiger partial charge in [0.2, 0.25) is 0 Å². The highest BCUT2D eigenvalue weighted by Gasteiger charge is 1.97. The number of nitrogens with one attached hydrogen (secondary N) is 1. The van der Waals surface area contributed by atoms with E-state index in [0.29, 0.717) is 19.1 Å². The third-order valence-corrected chi connectivity index (χ3v) is 3.35. The van der Waals surface area contributed by atoms with E-state index in [2.05, 4.69) is 26.2 Å². The second-order valence-electron chi connectivity index (χ2n) is 4.42. The molecule has 0 saturated heterocycles. The molecule has 0 bridgehead atoms. The largest absolute Gasteiger partial charge is 0.497 e. The van der Waals surface area contributed by atoms with Gasteiger partial charge < -0.3 is 20.5 Å². The Labute approximate surface area is 138 Å². The van der Waals surface area contributed by atoms with Crippen molar-refractivity contribution in [3.8, 4) is 11.5 Å². The number of aliphatic imine (C=N–C) groups is 1. The quantitative estimate of drug-likeness (QED) is 0.469. The molecule has 116 valence electrons. The van der Waals surface area contributed by atoms with Crippen molar-refractivity contribution in [1.29, 1.82) is 0 Å². The Morgan fingerprint density at radius 1 is 1.09 bits per heavy atom. The summed E-state index contributed by atoms with van der Waals surface area (Å²) < 4.78 is 11.7. The molecular formula is C16H18BrN3O2. The van der Waals surface area contributed by atoms with Crippen LogP contribution in [0.5, 0.6) is 11.5 Å². The van der Waals surface area contributed by atoms with Crippen molar-refractivity contribution in [2.24, 2.45) is 10.7 Å². The second kappa shape index (κ2) is 8.29. The SMILES string of the molecule is COc1ccc(NC(N)=NCCOc2ccc(Br)cc2)cc1. The van der Waals surface area contributed by atoms with Gasteiger partial charge in [0.1, 0.15) is 18.1 Å². The monoisotopic (exact) mass is 363 g/mol. The van der Waals surface area contributed by atoms with E-state index < -0.39 is 0 Å². The van der Waals surface area contributed by atoms with Crippen LogP contribution in [0.25, 0.3) is 0 Å². The van der Waals surface area contributed by atoms with Crippen molar-refractivity contribution >= 4 is 27.6 Å². The van der Waals surface area contributed by atoms with Crippen LogP contribution in [0.4, 0.5) is 5.69 Å². The summed E-state index contributed by atoms with van der Waals surface area (Å²) in [6.45, 7) is 0.942. The minimum Gasteiger partial charge on any atom is -0.497 e. The van der Waals surface area contributed by atoms with E-state index in [4.69, 9.17) is 15.2 Å². The summed E-state index contributed by atoms with van der Waals surface area (Å²) in [4.78, 5) is 4.21. The van der Waals surface area contributed by atoms with Gasteiger partial charge in [-0.2, -0.15) is 0 Å². The molecule has 2 aromatic carbocycles. The molecule has 0 aliphatic carbocycles. The van der Waals surface area contributed by atoms with E-state index >= 15 is 0 Å². The number of rotatable bonds is 6. The number of hydrogen-bond donors (Lipinski definition) is 2. The summed E-state index contributed by atoms with van der Waals surface area (Å²) in [5, 5.41) is 3.01. The van der Waals surface area contributed by atoms with Crippen LogP contribution >= 0.6 is 15.9 Å². The summed E-state index contributed by atoms with van der Waals surface area (Å²) >= 11 is 3.38. The molecule has 2 aromatic rings. The molecule has 0 spiro atoms. The Morgan fingerprint density at radius 3 is 2.36 bits per heavy atom. The smallest absolute Gasteiger partial charge is 0.193 e. The number of methoxy groups -OCH3 is 1. The summed E-state index contributed by atoms with van der Waals surface area (Å²) in [5.41, 5.74) is 6.68. The van der Waals surface area contributed by atoms with E-state index in [1.165, 1.54) is 0 Å². The van der Waals surface area contributed by atoms with Crippen molar-refractivity contribution in [2.45, 2.75) is 0 Å². The molecule has 0 aliphatic rings. The number of guanidine groups is 1. The topological polar surface area (TPSA) is 68.9 Å². The van der Waals surface area contributed by atoms with Crippen molar-refractivity contribution in [1.82, 2.24) is 0 Å². The predicted octanol–water partition coefficient (Wildman–Crippen LogP) is 3.26. The lowest BCUT2D eigenvalue weighted by molar-refractivity contribution is 0.328. The zero-order valence-electron chi connectivity index (χ0n) is 12.3. The highest BCUT2D eigenvalue weighted by Crippen LogP contribution is 2.16. The van der Waals surface area contributed by atoms with Crippen LogP contribution in [-0.4, -0.2) is 26.2 Å². The summed E-state index contributed by atoms with van der Waals surface area (Å²) in [6, 6.07) is 15.1. The van der Waals surface area contributed by atoms with Gasteiger partial charge in [0.05, 0.1) is 13.7 Å². The zero-order chi connectivity index (χ0) is 15.8. The third-order valence-electron chi connectivity index (χ3n) is 2.82. The average molecular weight is 364 g/mol. The highest BCUT2D eigenvalue weighted by atomic mass is 79.9. The fourth-order valence-corrected chi connectivity index (χ4v) is 1.99. The number of anilines is 1. The van der Waals surface area contributed by atoms with E-state index in [1.807, 2.05) is 48.5 Å². The molecule has 0 fully saturated rings. The van der Waals surface area contributed by atoms with Crippen LogP contribution in [0, 0.1) is 0 Å². The Balaban J connectivity index is 1.76. The first-order chi connectivity index (χ1) is 10.7. The fraction of sp³-hybridized carbons (Fsp3) is 0.188. The molecule has 0 atom stereocenters. The van der Waals surface area contributed by atoms with Crippen LogP contribution in [0.2, 0.25) is 0 Å². The normalized spacial score (nSPS) is 11.1.